The number of anilines is 1. The van der Waals surface area contributed by atoms with Crippen molar-refractivity contribution in [1.82, 2.24) is 0 Å². The molecule has 0 radical (unpaired) electrons. The number of hydrogen-bond acceptors (Lipinski definition) is 7. The smallest absolute Gasteiger partial charge is 0.339 e. The third kappa shape index (κ3) is 6.21. The molecule has 0 aliphatic heterocycles. The van der Waals surface area contributed by atoms with E-state index in [4.69, 9.17) is 19.9 Å². The summed E-state index contributed by atoms with van der Waals surface area (Å²) < 4.78 is 16.5. The summed E-state index contributed by atoms with van der Waals surface area (Å²) in [5.74, 6) is -0.620. The molecule has 9 heteroatoms. The van der Waals surface area contributed by atoms with Crippen molar-refractivity contribution in [1.29, 1.82) is 0 Å². The maximum atomic E-state index is 12.5. The monoisotopic (exact) mass is 434 g/mol. The van der Waals surface area contributed by atoms with E-state index in [0.717, 1.165) is 11.3 Å². The lowest BCUT2D eigenvalue weighted by Gasteiger charge is -2.16. The molecule has 0 unspecified atom stereocenters. The SMILES string of the molecule is CCOc1cc(C(=O)O[C@@H](C)C(=O)Nc2sccc2C(N)=O)ccc1OCC(C)C. The highest BCUT2D eigenvalue weighted by Gasteiger charge is 2.22. The van der Waals surface area contributed by atoms with Gasteiger partial charge in [0.15, 0.2) is 17.6 Å². The van der Waals surface area contributed by atoms with Gasteiger partial charge in [-0.3, -0.25) is 9.59 Å². The second-order valence-electron chi connectivity index (χ2n) is 6.86. The Morgan fingerprint density at radius 2 is 1.83 bits per heavy atom. The van der Waals surface area contributed by atoms with Crippen molar-refractivity contribution >= 4 is 34.1 Å². The third-order valence-electron chi connectivity index (χ3n) is 3.87. The molecule has 30 heavy (non-hydrogen) atoms. The molecule has 162 valence electrons. The molecule has 8 nitrogen and oxygen atoms in total. The molecule has 2 amide bonds. The van der Waals surface area contributed by atoms with Gasteiger partial charge < -0.3 is 25.3 Å². The molecule has 3 N–H and O–H groups in total. The van der Waals surface area contributed by atoms with Crippen molar-refractivity contribution in [3.05, 3.63) is 40.8 Å². The molecular weight excluding hydrogens is 408 g/mol. The first-order valence-electron chi connectivity index (χ1n) is 9.51. The topological polar surface area (TPSA) is 117 Å². The van der Waals surface area contributed by atoms with E-state index in [1.54, 1.807) is 17.5 Å². The van der Waals surface area contributed by atoms with Gasteiger partial charge in [0.25, 0.3) is 11.8 Å². The van der Waals surface area contributed by atoms with E-state index in [0.29, 0.717) is 35.6 Å². The minimum absolute atomic E-state index is 0.199. The number of benzene rings is 1. The predicted octanol–water partition coefficient (Wildman–Crippen LogP) is 3.46. The van der Waals surface area contributed by atoms with E-state index in [9.17, 15) is 14.4 Å². The second-order valence-corrected chi connectivity index (χ2v) is 7.78. The molecule has 1 aromatic carbocycles. The van der Waals surface area contributed by atoms with E-state index >= 15 is 0 Å². The van der Waals surface area contributed by atoms with E-state index in [1.165, 1.54) is 19.1 Å². The fraction of sp³-hybridized carbons (Fsp3) is 0.381. The molecule has 2 rings (SSSR count). The zero-order chi connectivity index (χ0) is 22.3. The van der Waals surface area contributed by atoms with E-state index in [1.807, 2.05) is 20.8 Å². The third-order valence-corrected chi connectivity index (χ3v) is 4.70. The molecule has 2 aromatic rings. The standard InChI is InChI=1S/C21H26N2O6S/c1-5-27-17-10-14(6-7-16(17)28-11-12(2)3)21(26)29-13(4)19(25)23-20-15(18(22)24)8-9-30-20/h6-10,12-13H,5,11H2,1-4H3,(H2,22,24)(H,23,25)/t13-/m0/s1. The number of carbonyl (C=O) groups is 3. The number of amides is 2. The average molecular weight is 435 g/mol. The van der Waals surface area contributed by atoms with Gasteiger partial charge in [-0.1, -0.05) is 13.8 Å². The van der Waals surface area contributed by atoms with E-state index in [-0.39, 0.29) is 11.1 Å². The lowest BCUT2D eigenvalue weighted by Crippen LogP contribution is -2.30. The summed E-state index contributed by atoms with van der Waals surface area (Å²) in [5, 5.41) is 4.49. The van der Waals surface area contributed by atoms with Crippen molar-refractivity contribution in [2.45, 2.75) is 33.8 Å². The Bertz CT molecular complexity index is 909. The Kier molecular flexibility index (Phi) is 8.23. The van der Waals surface area contributed by atoms with E-state index in [2.05, 4.69) is 5.32 Å². The average Bonchev–Trinajstić information content (AvgIpc) is 3.15. The summed E-state index contributed by atoms with van der Waals surface area (Å²) in [6, 6.07) is 6.23. The number of esters is 1. The number of hydrogen-bond donors (Lipinski definition) is 2. The Labute approximate surface area is 179 Å². The quantitative estimate of drug-likeness (QED) is 0.553. The van der Waals surface area contributed by atoms with Crippen LogP contribution < -0.4 is 20.5 Å². The van der Waals surface area contributed by atoms with Crippen LogP contribution in [0.3, 0.4) is 0 Å². The largest absolute Gasteiger partial charge is 0.490 e. The number of carbonyl (C=O) groups excluding carboxylic acids is 3. The van der Waals surface area contributed by atoms with Crippen molar-refractivity contribution in [2.75, 3.05) is 18.5 Å². The highest BCUT2D eigenvalue weighted by atomic mass is 32.1. The first-order valence-corrected chi connectivity index (χ1v) is 10.4. The van der Waals surface area contributed by atoms with Gasteiger partial charge in [0, 0.05) is 0 Å². The Morgan fingerprint density at radius 3 is 2.47 bits per heavy atom. The fourth-order valence-electron chi connectivity index (χ4n) is 2.37. The van der Waals surface area contributed by atoms with Crippen molar-refractivity contribution in [3.63, 3.8) is 0 Å². The first kappa shape index (κ1) is 23.2. The van der Waals surface area contributed by atoms with Crippen molar-refractivity contribution < 1.29 is 28.6 Å². The van der Waals surface area contributed by atoms with Crippen LogP contribution in [0.2, 0.25) is 0 Å². The molecule has 1 atom stereocenters. The van der Waals surface area contributed by atoms with Gasteiger partial charge in [0.2, 0.25) is 0 Å². The summed E-state index contributed by atoms with van der Waals surface area (Å²) in [6.45, 7) is 8.24. The highest BCUT2D eigenvalue weighted by molar-refractivity contribution is 7.14. The normalized spacial score (nSPS) is 11.6. The van der Waals surface area contributed by atoms with Crippen LogP contribution in [0, 0.1) is 5.92 Å². The van der Waals surface area contributed by atoms with Crippen LogP contribution in [0.1, 0.15) is 48.4 Å². The van der Waals surface area contributed by atoms with Gasteiger partial charge in [0.1, 0.15) is 5.00 Å². The first-order chi connectivity index (χ1) is 14.2. The minimum Gasteiger partial charge on any atom is -0.490 e. The van der Waals surface area contributed by atoms with Crippen molar-refractivity contribution in [3.8, 4) is 11.5 Å². The summed E-state index contributed by atoms with van der Waals surface area (Å²) >= 11 is 1.15. The van der Waals surface area contributed by atoms with Crippen LogP contribution in [0.25, 0.3) is 0 Å². The van der Waals surface area contributed by atoms with Crippen LogP contribution in [0.15, 0.2) is 29.6 Å². The lowest BCUT2D eigenvalue weighted by molar-refractivity contribution is -0.123. The molecule has 0 spiro atoms. The zero-order valence-electron chi connectivity index (χ0n) is 17.4. The van der Waals surface area contributed by atoms with Gasteiger partial charge in [-0.05, 0) is 49.4 Å². The number of thiophene rings is 1. The zero-order valence-corrected chi connectivity index (χ0v) is 18.2. The van der Waals surface area contributed by atoms with Crippen LogP contribution in [0.4, 0.5) is 5.00 Å². The fourth-order valence-corrected chi connectivity index (χ4v) is 3.17. The second kappa shape index (κ2) is 10.6. The van der Waals surface area contributed by atoms with Gasteiger partial charge in [-0.2, -0.15) is 0 Å². The molecule has 1 heterocycles. The van der Waals surface area contributed by atoms with Crippen LogP contribution in [0.5, 0.6) is 11.5 Å². The lowest BCUT2D eigenvalue weighted by atomic mass is 10.2. The summed E-state index contributed by atoms with van der Waals surface area (Å²) in [5.41, 5.74) is 5.69. The van der Waals surface area contributed by atoms with Gasteiger partial charge >= 0.3 is 5.97 Å². The Balaban J connectivity index is 2.06. The molecule has 0 saturated heterocycles. The molecule has 0 aliphatic rings. The van der Waals surface area contributed by atoms with Crippen LogP contribution in [-0.2, 0) is 9.53 Å². The number of rotatable bonds is 10. The summed E-state index contributed by atoms with van der Waals surface area (Å²) in [6.07, 6.45) is -1.09. The maximum Gasteiger partial charge on any atom is 0.339 e. The molecule has 0 bridgehead atoms. The number of nitrogens with two attached hydrogens (primary N) is 1. The Hall–Kier alpha value is -3.07. The summed E-state index contributed by atoms with van der Waals surface area (Å²) in [4.78, 5) is 36.2. The predicted molar refractivity (Wildman–Crippen MR) is 114 cm³/mol. The number of ether oxygens (including phenoxy) is 3. The molecule has 0 saturated carbocycles. The maximum absolute atomic E-state index is 12.5. The molecule has 0 fully saturated rings. The molecule has 1 aromatic heterocycles. The minimum atomic E-state index is -1.09. The highest BCUT2D eigenvalue weighted by Crippen LogP contribution is 2.29. The Morgan fingerprint density at radius 1 is 1.10 bits per heavy atom. The number of nitrogens with one attached hydrogen (secondary N) is 1. The van der Waals surface area contributed by atoms with Gasteiger partial charge in [-0.25, -0.2) is 4.79 Å². The molecular formula is C21H26N2O6S. The van der Waals surface area contributed by atoms with Crippen LogP contribution >= 0.6 is 11.3 Å². The molecule has 0 aliphatic carbocycles. The summed E-state index contributed by atoms with van der Waals surface area (Å²) in [7, 11) is 0. The number of primary amides is 1. The van der Waals surface area contributed by atoms with Gasteiger partial charge in [0.05, 0.1) is 24.3 Å². The van der Waals surface area contributed by atoms with Crippen LogP contribution in [-0.4, -0.2) is 37.1 Å². The van der Waals surface area contributed by atoms with Gasteiger partial charge in [-0.15, -0.1) is 11.3 Å². The van der Waals surface area contributed by atoms with E-state index < -0.39 is 23.9 Å². The van der Waals surface area contributed by atoms with Crippen molar-refractivity contribution in [2.24, 2.45) is 11.7 Å².